The second-order valence-electron chi connectivity index (χ2n) is 6.88. The van der Waals surface area contributed by atoms with Gasteiger partial charge in [0.25, 0.3) is 5.91 Å². The van der Waals surface area contributed by atoms with Crippen molar-refractivity contribution < 1.29 is 19.1 Å². The normalized spacial score (nSPS) is 14.1. The van der Waals surface area contributed by atoms with Crippen molar-refractivity contribution in [2.75, 3.05) is 18.1 Å². The highest BCUT2D eigenvalue weighted by atomic mass is 16.5. The number of benzene rings is 2. The van der Waals surface area contributed by atoms with Crippen LogP contribution in [0, 0.1) is 0 Å². The minimum atomic E-state index is -0.175. The molecule has 6 heteroatoms. The predicted octanol–water partition coefficient (Wildman–Crippen LogP) is 3.27. The molecule has 0 spiro atoms. The molecule has 2 aromatic rings. The minimum Gasteiger partial charge on any atom is -0.482 e. The molecule has 1 heterocycles. The molecule has 2 amide bonds. The molecule has 1 atom stereocenters. The van der Waals surface area contributed by atoms with Crippen LogP contribution in [0.3, 0.4) is 0 Å². The highest BCUT2D eigenvalue weighted by Gasteiger charge is 2.26. The van der Waals surface area contributed by atoms with Crippen LogP contribution in [0.15, 0.2) is 48.5 Å². The standard InChI is InChI=1S/C22H24N2O4/c1-15(17-7-4-3-5-8-17)23-21(26)9-6-12-24-19-13-18(16(2)25)10-11-20(19)28-14-22(24)27/h3-5,7-8,10-11,13,15H,6,9,12,14H2,1-2H3,(H,23,26). The number of rotatable bonds is 7. The average Bonchev–Trinajstić information content (AvgIpc) is 2.69. The van der Waals surface area contributed by atoms with Crippen molar-refractivity contribution in [2.45, 2.75) is 32.7 Å². The zero-order valence-corrected chi connectivity index (χ0v) is 16.1. The van der Waals surface area contributed by atoms with Crippen LogP contribution in [0.2, 0.25) is 0 Å². The summed E-state index contributed by atoms with van der Waals surface area (Å²) in [6.45, 7) is 3.78. The van der Waals surface area contributed by atoms with Crippen LogP contribution in [0.1, 0.15) is 48.7 Å². The number of fused-ring (bicyclic) bond motifs is 1. The third kappa shape index (κ3) is 4.57. The number of Topliss-reactive ketones (excluding diaryl/α,β-unsaturated/α-hetero) is 1. The lowest BCUT2D eigenvalue weighted by Crippen LogP contribution is -2.40. The van der Waals surface area contributed by atoms with Gasteiger partial charge in [-0.1, -0.05) is 30.3 Å². The zero-order chi connectivity index (χ0) is 20.1. The van der Waals surface area contributed by atoms with Gasteiger partial charge in [-0.25, -0.2) is 0 Å². The third-order valence-corrected chi connectivity index (χ3v) is 4.77. The molecular weight excluding hydrogens is 356 g/mol. The number of nitrogens with zero attached hydrogens (tertiary/aromatic N) is 1. The van der Waals surface area contributed by atoms with E-state index in [0.717, 1.165) is 5.56 Å². The molecule has 1 aliphatic rings. The Morgan fingerprint density at radius 1 is 1.18 bits per heavy atom. The van der Waals surface area contributed by atoms with Gasteiger partial charge >= 0.3 is 0 Å². The maximum absolute atomic E-state index is 12.3. The van der Waals surface area contributed by atoms with E-state index in [4.69, 9.17) is 4.74 Å². The predicted molar refractivity (Wildman–Crippen MR) is 107 cm³/mol. The Bertz CT molecular complexity index is 879. The molecule has 3 rings (SSSR count). The number of hydrogen-bond acceptors (Lipinski definition) is 4. The Morgan fingerprint density at radius 2 is 1.93 bits per heavy atom. The van der Waals surface area contributed by atoms with Gasteiger partial charge in [0.2, 0.25) is 5.91 Å². The molecule has 0 bridgehead atoms. The number of amides is 2. The van der Waals surface area contributed by atoms with Crippen molar-refractivity contribution >= 4 is 23.3 Å². The van der Waals surface area contributed by atoms with Gasteiger partial charge in [-0.05, 0) is 44.0 Å². The van der Waals surface area contributed by atoms with E-state index in [9.17, 15) is 14.4 Å². The first-order valence-corrected chi connectivity index (χ1v) is 9.38. The van der Waals surface area contributed by atoms with Crippen molar-refractivity contribution in [3.8, 4) is 5.75 Å². The van der Waals surface area contributed by atoms with Crippen LogP contribution in [-0.2, 0) is 9.59 Å². The maximum Gasteiger partial charge on any atom is 0.265 e. The summed E-state index contributed by atoms with van der Waals surface area (Å²) < 4.78 is 5.45. The lowest BCUT2D eigenvalue weighted by Gasteiger charge is -2.29. The molecule has 2 aromatic carbocycles. The van der Waals surface area contributed by atoms with Gasteiger partial charge < -0.3 is 15.0 Å². The van der Waals surface area contributed by atoms with Crippen molar-refractivity contribution in [1.82, 2.24) is 5.32 Å². The Hall–Kier alpha value is -3.15. The molecule has 0 saturated heterocycles. The number of carbonyl (C=O) groups is 3. The van der Waals surface area contributed by atoms with E-state index in [-0.39, 0.29) is 30.2 Å². The van der Waals surface area contributed by atoms with E-state index in [1.807, 2.05) is 37.3 Å². The summed E-state index contributed by atoms with van der Waals surface area (Å²) in [6, 6.07) is 14.8. The number of ketones is 1. The fraction of sp³-hybridized carbons (Fsp3) is 0.318. The largest absolute Gasteiger partial charge is 0.482 e. The molecule has 0 aliphatic carbocycles. The molecule has 28 heavy (non-hydrogen) atoms. The topological polar surface area (TPSA) is 75.7 Å². The minimum absolute atomic E-state index is 0.0380. The molecule has 0 saturated carbocycles. The molecule has 1 unspecified atom stereocenters. The van der Waals surface area contributed by atoms with E-state index in [2.05, 4.69) is 5.32 Å². The van der Waals surface area contributed by atoms with Crippen molar-refractivity contribution in [1.29, 1.82) is 0 Å². The molecule has 0 aromatic heterocycles. The fourth-order valence-corrected chi connectivity index (χ4v) is 3.20. The molecule has 1 N–H and O–H groups in total. The van der Waals surface area contributed by atoms with Crippen LogP contribution in [0.5, 0.6) is 5.75 Å². The number of nitrogens with one attached hydrogen (secondary N) is 1. The van der Waals surface area contributed by atoms with Crippen LogP contribution in [0.25, 0.3) is 0 Å². The summed E-state index contributed by atoms with van der Waals surface area (Å²) in [5, 5.41) is 2.98. The van der Waals surface area contributed by atoms with E-state index in [1.165, 1.54) is 6.92 Å². The quantitative estimate of drug-likeness (QED) is 0.748. The van der Waals surface area contributed by atoms with Crippen LogP contribution in [0.4, 0.5) is 5.69 Å². The molecule has 1 aliphatic heterocycles. The van der Waals surface area contributed by atoms with Crippen LogP contribution < -0.4 is 15.0 Å². The third-order valence-electron chi connectivity index (χ3n) is 4.77. The second-order valence-corrected chi connectivity index (χ2v) is 6.88. The molecule has 0 radical (unpaired) electrons. The second kappa shape index (κ2) is 8.69. The van der Waals surface area contributed by atoms with Crippen molar-refractivity contribution in [2.24, 2.45) is 0 Å². The van der Waals surface area contributed by atoms with Gasteiger partial charge in [-0.15, -0.1) is 0 Å². The summed E-state index contributed by atoms with van der Waals surface area (Å²) in [6.07, 6.45) is 0.826. The van der Waals surface area contributed by atoms with Crippen LogP contribution >= 0.6 is 0 Å². The number of hydrogen-bond donors (Lipinski definition) is 1. The van der Waals surface area contributed by atoms with Gasteiger partial charge in [0.05, 0.1) is 11.7 Å². The maximum atomic E-state index is 12.3. The number of anilines is 1. The van der Waals surface area contributed by atoms with Gasteiger partial charge in [-0.2, -0.15) is 0 Å². The van der Waals surface area contributed by atoms with E-state index >= 15 is 0 Å². The molecular formula is C22H24N2O4. The monoisotopic (exact) mass is 380 g/mol. The molecule has 146 valence electrons. The van der Waals surface area contributed by atoms with Crippen molar-refractivity contribution in [3.63, 3.8) is 0 Å². The van der Waals surface area contributed by atoms with E-state index in [0.29, 0.717) is 36.4 Å². The van der Waals surface area contributed by atoms with E-state index < -0.39 is 0 Å². The van der Waals surface area contributed by atoms with Gasteiger partial charge in [0.1, 0.15) is 5.75 Å². The van der Waals surface area contributed by atoms with Gasteiger partial charge in [0, 0.05) is 18.5 Å². The Labute approximate surface area is 164 Å². The number of carbonyl (C=O) groups excluding carboxylic acids is 3. The fourth-order valence-electron chi connectivity index (χ4n) is 3.20. The first-order chi connectivity index (χ1) is 13.5. The first kappa shape index (κ1) is 19.6. The Morgan fingerprint density at radius 3 is 2.64 bits per heavy atom. The summed E-state index contributed by atoms with van der Waals surface area (Å²) in [4.78, 5) is 37.8. The number of ether oxygens (including phenoxy) is 1. The average molecular weight is 380 g/mol. The van der Waals surface area contributed by atoms with Crippen molar-refractivity contribution in [3.05, 3.63) is 59.7 Å². The van der Waals surface area contributed by atoms with Gasteiger partial charge in [-0.3, -0.25) is 14.4 Å². The summed E-state index contributed by atoms with van der Waals surface area (Å²) in [7, 11) is 0. The Kier molecular flexibility index (Phi) is 6.09. The van der Waals surface area contributed by atoms with Gasteiger partial charge in [0.15, 0.2) is 12.4 Å². The molecule has 0 fully saturated rings. The van der Waals surface area contributed by atoms with Crippen LogP contribution in [-0.4, -0.2) is 30.7 Å². The highest BCUT2D eigenvalue weighted by Crippen LogP contribution is 2.33. The molecule has 6 nitrogen and oxygen atoms in total. The summed E-state index contributed by atoms with van der Waals surface area (Å²) in [5.74, 6) is 0.267. The summed E-state index contributed by atoms with van der Waals surface area (Å²) in [5.41, 5.74) is 2.16. The Balaban J connectivity index is 1.59. The lowest BCUT2D eigenvalue weighted by molar-refractivity contribution is -0.123. The summed E-state index contributed by atoms with van der Waals surface area (Å²) >= 11 is 0. The first-order valence-electron chi connectivity index (χ1n) is 9.38. The highest BCUT2D eigenvalue weighted by molar-refractivity contribution is 6.01. The smallest absolute Gasteiger partial charge is 0.265 e. The lowest BCUT2D eigenvalue weighted by atomic mass is 10.1. The SMILES string of the molecule is CC(=O)c1ccc2c(c1)N(CCCC(=O)NC(C)c1ccccc1)C(=O)CO2. The zero-order valence-electron chi connectivity index (χ0n) is 16.1. The van der Waals surface area contributed by atoms with E-state index in [1.54, 1.807) is 23.1 Å².